The minimum absolute atomic E-state index is 0.479. The molecule has 0 spiro atoms. The Balaban J connectivity index is 2.24. The molecule has 2 aromatic rings. The van der Waals surface area contributed by atoms with E-state index in [1.807, 2.05) is 16.8 Å². The molecule has 1 atom stereocenters. The van der Waals surface area contributed by atoms with Gasteiger partial charge in [0.05, 0.1) is 26.5 Å². The lowest BCUT2D eigenvalue weighted by Gasteiger charge is -2.04. The van der Waals surface area contributed by atoms with E-state index in [9.17, 15) is 4.21 Å². The second-order valence-corrected chi connectivity index (χ2v) is 5.92. The minimum atomic E-state index is -1.14. The molecule has 0 saturated carbocycles. The molecule has 2 nitrogen and oxygen atoms in total. The summed E-state index contributed by atoms with van der Waals surface area (Å²) in [5.74, 6) is 0.479. The number of hydrogen-bond acceptors (Lipinski definition) is 3. The first-order valence-electron chi connectivity index (χ1n) is 4.61. The highest BCUT2D eigenvalue weighted by Crippen LogP contribution is 2.24. The van der Waals surface area contributed by atoms with Crippen LogP contribution in [-0.2, 0) is 16.6 Å². The SMILES string of the molecule is Nc1ccc(Cl)c(S(=O)Cc2ccsc2)c1. The predicted octanol–water partition coefficient (Wildman–Crippen LogP) is 3.29. The molecule has 1 unspecified atom stereocenters. The normalized spacial score (nSPS) is 12.6. The summed E-state index contributed by atoms with van der Waals surface area (Å²) in [6.07, 6.45) is 0. The Morgan fingerprint density at radius 3 is 2.88 bits per heavy atom. The second kappa shape index (κ2) is 4.99. The van der Waals surface area contributed by atoms with Crippen LogP contribution in [0.25, 0.3) is 0 Å². The van der Waals surface area contributed by atoms with E-state index in [2.05, 4.69) is 0 Å². The highest BCUT2D eigenvalue weighted by atomic mass is 35.5. The van der Waals surface area contributed by atoms with Gasteiger partial charge in [0.25, 0.3) is 0 Å². The van der Waals surface area contributed by atoms with Gasteiger partial charge in [-0.25, -0.2) is 0 Å². The molecule has 0 aliphatic rings. The van der Waals surface area contributed by atoms with Crippen molar-refractivity contribution in [2.24, 2.45) is 0 Å². The topological polar surface area (TPSA) is 43.1 Å². The van der Waals surface area contributed by atoms with Crippen molar-refractivity contribution in [3.63, 3.8) is 0 Å². The Hall–Kier alpha value is -0.840. The monoisotopic (exact) mass is 271 g/mol. The number of nitrogens with two attached hydrogens (primary N) is 1. The van der Waals surface area contributed by atoms with Crippen molar-refractivity contribution in [1.82, 2.24) is 0 Å². The Morgan fingerprint density at radius 2 is 2.19 bits per heavy atom. The quantitative estimate of drug-likeness (QED) is 0.871. The third-order valence-corrected chi connectivity index (χ3v) is 4.68. The van der Waals surface area contributed by atoms with Gasteiger partial charge in [0.2, 0.25) is 0 Å². The van der Waals surface area contributed by atoms with Gasteiger partial charge >= 0.3 is 0 Å². The maximum absolute atomic E-state index is 12.1. The van der Waals surface area contributed by atoms with Gasteiger partial charge in [-0.15, -0.1) is 0 Å². The number of hydrogen-bond donors (Lipinski definition) is 1. The molecule has 16 heavy (non-hydrogen) atoms. The number of thiophene rings is 1. The van der Waals surface area contributed by atoms with Crippen molar-refractivity contribution in [3.8, 4) is 0 Å². The van der Waals surface area contributed by atoms with Crippen LogP contribution in [-0.4, -0.2) is 4.21 Å². The molecule has 0 aliphatic heterocycles. The van der Waals surface area contributed by atoms with Crippen LogP contribution in [0.3, 0.4) is 0 Å². The molecule has 2 N–H and O–H groups in total. The first kappa shape index (κ1) is 11.6. The fourth-order valence-corrected chi connectivity index (χ4v) is 3.64. The van der Waals surface area contributed by atoms with Crippen LogP contribution in [0.15, 0.2) is 39.9 Å². The van der Waals surface area contributed by atoms with Crippen molar-refractivity contribution in [1.29, 1.82) is 0 Å². The Morgan fingerprint density at radius 1 is 1.38 bits per heavy atom. The lowest BCUT2D eigenvalue weighted by atomic mass is 10.3. The van der Waals surface area contributed by atoms with Crippen LogP contribution in [0.5, 0.6) is 0 Å². The summed E-state index contributed by atoms with van der Waals surface area (Å²) < 4.78 is 12.1. The summed E-state index contributed by atoms with van der Waals surface area (Å²) in [5, 5.41) is 4.45. The van der Waals surface area contributed by atoms with Crippen molar-refractivity contribution in [2.75, 3.05) is 5.73 Å². The largest absolute Gasteiger partial charge is 0.399 e. The highest BCUT2D eigenvalue weighted by Gasteiger charge is 2.10. The standard InChI is InChI=1S/C11H10ClNOS2/c12-10-2-1-9(13)5-11(10)16(14)7-8-3-4-15-6-8/h1-6H,7,13H2. The lowest BCUT2D eigenvalue weighted by molar-refractivity contribution is 0.683. The summed E-state index contributed by atoms with van der Waals surface area (Å²) in [6.45, 7) is 0. The lowest BCUT2D eigenvalue weighted by Crippen LogP contribution is -1.97. The average Bonchev–Trinajstić information content (AvgIpc) is 2.74. The van der Waals surface area contributed by atoms with Crippen LogP contribution in [0.4, 0.5) is 5.69 Å². The van der Waals surface area contributed by atoms with Crippen LogP contribution < -0.4 is 5.73 Å². The molecule has 1 heterocycles. The number of benzene rings is 1. The summed E-state index contributed by atoms with van der Waals surface area (Å²) in [5.41, 5.74) is 7.29. The number of nitrogen functional groups attached to an aromatic ring is 1. The molecular formula is C11H10ClNOS2. The first-order valence-corrected chi connectivity index (χ1v) is 7.25. The third kappa shape index (κ3) is 2.64. The van der Waals surface area contributed by atoms with E-state index in [-0.39, 0.29) is 0 Å². The Labute approximate surface area is 106 Å². The van der Waals surface area contributed by atoms with Crippen LogP contribution in [0, 0.1) is 0 Å². The molecule has 84 valence electrons. The fourth-order valence-electron chi connectivity index (χ4n) is 1.30. The Bertz CT molecular complexity index is 511. The molecule has 0 amide bonds. The van der Waals surface area contributed by atoms with E-state index >= 15 is 0 Å². The van der Waals surface area contributed by atoms with Crippen LogP contribution in [0.1, 0.15) is 5.56 Å². The van der Waals surface area contributed by atoms with E-state index in [1.165, 1.54) is 0 Å². The minimum Gasteiger partial charge on any atom is -0.399 e. The number of rotatable bonds is 3. The maximum Gasteiger partial charge on any atom is 0.0598 e. The van der Waals surface area contributed by atoms with Gasteiger partial charge in [0, 0.05) is 5.69 Å². The molecule has 1 aromatic heterocycles. The van der Waals surface area contributed by atoms with Gasteiger partial charge in [-0.1, -0.05) is 11.6 Å². The average molecular weight is 272 g/mol. The first-order chi connectivity index (χ1) is 7.66. The second-order valence-electron chi connectivity index (χ2n) is 3.31. The van der Waals surface area contributed by atoms with E-state index in [1.54, 1.807) is 29.5 Å². The van der Waals surface area contributed by atoms with Crippen molar-refractivity contribution in [3.05, 3.63) is 45.6 Å². The van der Waals surface area contributed by atoms with Gasteiger partial charge in [0.15, 0.2) is 0 Å². The molecule has 5 heteroatoms. The molecule has 1 aromatic carbocycles. The van der Waals surface area contributed by atoms with Crippen LogP contribution >= 0.6 is 22.9 Å². The maximum atomic E-state index is 12.1. The molecule has 0 saturated heterocycles. The van der Waals surface area contributed by atoms with Gasteiger partial charge in [-0.05, 0) is 40.6 Å². The molecular weight excluding hydrogens is 262 g/mol. The van der Waals surface area contributed by atoms with Crippen LogP contribution in [0.2, 0.25) is 5.02 Å². The van der Waals surface area contributed by atoms with Crippen molar-refractivity contribution < 1.29 is 4.21 Å². The Kier molecular flexibility index (Phi) is 3.63. The zero-order chi connectivity index (χ0) is 11.5. The predicted molar refractivity (Wildman–Crippen MR) is 70.3 cm³/mol. The van der Waals surface area contributed by atoms with E-state index in [0.717, 1.165) is 5.56 Å². The number of anilines is 1. The van der Waals surface area contributed by atoms with E-state index < -0.39 is 10.8 Å². The zero-order valence-electron chi connectivity index (χ0n) is 8.35. The fraction of sp³-hybridized carbons (Fsp3) is 0.0909. The third-order valence-electron chi connectivity index (χ3n) is 2.08. The van der Waals surface area contributed by atoms with E-state index in [0.29, 0.717) is 21.4 Å². The summed E-state index contributed by atoms with van der Waals surface area (Å²) in [7, 11) is -1.14. The zero-order valence-corrected chi connectivity index (χ0v) is 10.7. The van der Waals surface area contributed by atoms with Gasteiger partial charge in [-0.2, -0.15) is 11.3 Å². The number of halogens is 1. The smallest absolute Gasteiger partial charge is 0.0598 e. The van der Waals surface area contributed by atoms with Gasteiger partial charge in [-0.3, -0.25) is 4.21 Å². The molecule has 2 rings (SSSR count). The van der Waals surface area contributed by atoms with Crippen molar-refractivity contribution in [2.45, 2.75) is 10.6 Å². The molecule has 0 radical (unpaired) electrons. The van der Waals surface area contributed by atoms with E-state index in [4.69, 9.17) is 17.3 Å². The molecule has 0 bridgehead atoms. The summed E-state index contributed by atoms with van der Waals surface area (Å²) in [4.78, 5) is 0.605. The van der Waals surface area contributed by atoms with Gasteiger partial charge in [0.1, 0.15) is 0 Å². The highest BCUT2D eigenvalue weighted by molar-refractivity contribution is 7.84. The van der Waals surface area contributed by atoms with Crippen molar-refractivity contribution >= 4 is 39.4 Å². The molecule has 0 aliphatic carbocycles. The molecule has 0 fully saturated rings. The summed E-state index contributed by atoms with van der Waals surface area (Å²) in [6, 6.07) is 7.01. The summed E-state index contributed by atoms with van der Waals surface area (Å²) >= 11 is 7.58. The van der Waals surface area contributed by atoms with Gasteiger partial charge < -0.3 is 5.73 Å².